The average molecular weight is 463 g/mol. The zero-order valence-corrected chi connectivity index (χ0v) is 17.5. The van der Waals surface area contributed by atoms with Gasteiger partial charge >= 0.3 is 6.18 Å². The topological polar surface area (TPSA) is 67.4 Å². The summed E-state index contributed by atoms with van der Waals surface area (Å²) in [6.07, 6.45) is -5.30. The number of alkyl halides is 3. The van der Waals surface area contributed by atoms with Crippen molar-refractivity contribution < 1.29 is 27.5 Å². The lowest BCUT2D eigenvalue weighted by Gasteiger charge is -2.15. The van der Waals surface area contributed by atoms with Crippen LogP contribution in [0.3, 0.4) is 0 Å². The number of rotatable bonds is 6. The molecule has 0 aromatic heterocycles. The van der Waals surface area contributed by atoms with E-state index in [1.165, 1.54) is 36.4 Å². The first kappa shape index (κ1) is 23.1. The highest BCUT2D eigenvalue weighted by Gasteiger charge is 2.30. The SMILES string of the molecule is CC(Oc1ccc(Cl)cc1)C(=O)Nc1ccc(C(=O)Nc2cccc(C(F)(F)F)c2)cc1. The molecule has 32 heavy (non-hydrogen) atoms. The Hall–Kier alpha value is -3.52. The second-order valence-electron chi connectivity index (χ2n) is 6.81. The van der Waals surface area contributed by atoms with E-state index in [1.54, 1.807) is 31.2 Å². The highest BCUT2D eigenvalue weighted by atomic mass is 35.5. The molecule has 0 saturated heterocycles. The number of carbonyl (C=O) groups excluding carboxylic acids is 2. The fourth-order valence-corrected chi connectivity index (χ4v) is 2.82. The van der Waals surface area contributed by atoms with Gasteiger partial charge in [-0.25, -0.2) is 0 Å². The Morgan fingerprint density at radius 2 is 1.56 bits per heavy atom. The van der Waals surface area contributed by atoms with Crippen molar-refractivity contribution in [2.24, 2.45) is 0 Å². The summed E-state index contributed by atoms with van der Waals surface area (Å²) in [6, 6.07) is 16.8. The maximum absolute atomic E-state index is 12.8. The lowest BCUT2D eigenvalue weighted by atomic mass is 10.1. The molecule has 0 fully saturated rings. The van der Waals surface area contributed by atoms with E-state index in [4.69, 9.17) is 16.3 Å². The predicted molar refractivity (Wildman–Crippen MR) is 116 cm³/mol. The van der Waals surface area contributed by atoms with Gasteiger partial charge in [-0.2, -0.15) is 13.2 Å². The van der Waals surface area contributed by atoms with Gasteiger partial charge in [0.05, 0.1) is 5.56 Å². The third kappa shape index (κ3) is 6.24. The third-order valence-corrected chi connectivity index (χ3v) is 4.61. The third-order valence-electron chi connectivity index (χ3n) is 4.36. The molecule has 0 aliphatic heterocycles. The van der Waals surface area contributed by atoms with Crippen molar-refractivity contribution in [2.45, 2.75) is 19.2 Å². The quantitative estimate of drug-likeness (QED) is 0.471. The molecule has 2 N–H and O–H groups in total. The summed E-state index contributed by atoms with van der Waals surface area (Å²) in [5, 5.41) is 5.64. The van der Waals surface area contributed by atoms with Gasteiger partial charge in [-0.1, -0.05) is 17.7 Å². The van der Waals surface area contributed by atoms with Crippen LogP contribution in [0.1, 0.15) is 22.8 Å². The Morgan fingerprint density at radius 1 is 0.906 bits per heavy atom. The fourth-order valence-electron chi connectivity index (χ4n) is 2.70. The molecule has 0 radical (unpaired) electrons. The van der Waals surface area contributed by atoms with Crippen LogP contribution in [0, 0.1) is 0 Å². The number of halogens is 4. The van der Waals surface area contributed by atoms with Crippen LogP contribution in [0.25, 0.3) is 0 Å². The number of hydrogen-bond donors (Lipinski definition) is 2. The fraction of sp³-hybridized carbons (Fsp3) is 0.130. The molecule has 0 saturated carbocycles. The van der Waals surface area contributed by atoms with Gasteiger partial charge in [0.25, 0.3) is 11.8 Å². The molecule has 166 valence electrons. The smallest absolute Gasteiger partial charge is 0.416 e. The van der Waals surface area contributed by atoms with E-state index in [1.807, 2.05) is 0 Å². The summed E-state index contributed by atoms with van der Waals surface area (Å²) in [5.41, 5.74) is -0.193. The largest absolute Gasteiger partial charge is 0.481 e. The second kappa shape index (κ2) is 9.74. The van der Waals surface area contributed by atoms with Crippen LogP contribution in [0.5, 0.6) is 5.75 Å². The summed E-state index contributed by atoms with van der Waals surface area (Å²) in [7, 11) is 0. The number of nitrogens with one attached hydrogen (secondary N) is 2. The standard InChI is InChI=1S/C23H18ClF3N2O3/c1-14(32-20-11-7-17(24)8-12-20)21(30)28-18-9-5-15(6-10-18)22(31)29-19-4-2-3-16(13-19)23(25,26)27/h2-14H,1H3,(H,28,30)(H,29,31). The van der Waals surface area contributed by atoms with Gasteiger partial charge in [-0.3, -0.25) is 9.59 Å². The first-order valence-electron chi connectivity index (χ1n) is 9.43. The minimum atomic E-state index is -4.50. The summed E-state index contributed by atoms with van der Waals surface area (Å²) < 4.78 is 44.0. The second-order valence-corrected chi connectivity index (χ2v) is 7.25. The van der Waals surface area contributed by atoms with Crippen LogP contribution in [-0.2, 0) is 11.0 Å². The molecule has 0 aliphatic carbocycles. The molecule has 5 nitrogen and oxygen atoms in total. The molecule has 0 spiro atoms. The van der Waals surface area contributed by atoms with Gasteiger partial charge < -0.3 is 15.4 Å². The molecule has 0 heterocycles. The summed E-state index contributed by atoms with van der Waals surface area (Å²) >= 11 is 5.81. The first-order valence-corrected chi connectivity index (χ1v) is 9.81. The van der Waals surface area contributed by atoms with Gasteiger partial charge in [-0.05, 0) is 73.7 Å². The molecule has 3 rings (SSSR count). The Morgan fingerprint density at radius 3 is 2.19 bits per heavy atom. The molecular formula is C23H18ClF3N2O3. The van der Waals surface area contributed by atoms with Crippen LogP contribution in [0.15, 0.2) is 72.8 Å². The molecule has 3 aromatic carbocycles. The van der Waals surface area contributed by atoms with Crippen LogP contribution in [0.4, 0.5) is 24.5 Å². The van der Waals surface area contributed by atoms with Crippen molar-refractivity contribution in [3.63, 3.8) is 0 Å². The van der Waals surface area contributed by atoms with Crippen molar-refractivity contribution in [2.75, 3.05) is 10.6 Å². The zero-order valence-electron chi connectivity index (χ0n) is 16.7. The lowest BCUT2D eigenvalue weighted by Crippen LogP contribution is -2.30. The number of carbonyl (C=O) groups is 2. The molecular weight excluding hydrogens is 445 g/mol. The molecule has 9 heteroatoms. The van der Waals surface area contributed by atoms with E-state index in [0.29, 0.717) is 16.5 Å². The van der Waals surface area contributed by atoms with Gasteiger partial charge in [0.2, 0.25) is 0 Å². The van der Waals surface area contributed by atoms with E-state index in [0.717, 1.165) is 12.1 Å². The molecule has 1 unspecified atom stereocenters. The summed E-state index contributed by atoms with van der Waals surface area (Å²) in [4.78, 5) is 24.7. The van der Waals surface area contributed by atoms with E-state index >= 15 is 0 Å². The van der Waals surface area contributed by atoms with Crippen molar-refractivity contribution >= 4 is 34.8 Å². The highest BCUT2D eigenvalue weighted by Crippen LogP contribution is 2.30. The van der Waals surface area contributed by atoms with E-state index in [-0.39, 0.29) is 11.3 Å². The molecule has 1 atom stereocenters. The van der Waals surface area contributed by atoms with Crippen molar-refractivity contribution in [1.82, 2.24) is 0 Å². The Kier molecular flexibility index (Phi) is 7.05. The molecule has 2 amide bonds. The van der Waals surface area contributed by atoms with E-state index in [9.17, 15) is 22.8 Å². The van der Waals surface area contributed by atoms with Gasteiger partial charge in [0, 0.05) is 22.0 Å². The van der Waals surface area contributed by atoms with E-state index in [2.05, 4.69) is 10.6 Å². The van der Waals surface area contributed by atoms with Gasteiger partial charge in [0.15, 0.2) is 6.10 Å². The Balaban J connectivity index is 1.59. The van der Waals surface area contributed by atoms with Crippen molar-refractivity contribution in [3.05, 3.63) is 88.9 Å². The number of benzene rings is 3. The summed E-state index contributed by atoms with van der Waals surface area (Å²) in [6.45, 7) is 1.58. The van der Waals surface area contributed by atoms with Crippen LogP contribution in [-0.4, -0.2) is 17.9 Å². The highest BCUT2D eigenvalue weighted by molar-refractivity contribution is 6.30. The van der Waals surface area contributed by atoms with Gasteiger partial charge in [0.1, 0.15) is 5.75 Å². The minimum Gasteiger partial charge on any atom is -0.481 e. The average Bonchev–Trinajstić information content (AvgIpc) is 2.75. The Bertz CT molecular complexity index is 1100. The number of ether oxygens (including phenoxy) is 1. The van der Waals surface area contributed by atoms with Crippen LogP contribution in [0.2, 0.25) is 5.02 Å². The normalized spacial score (nSPS) is 12.0. The molecule has 0 aliphatic rings. The number of anilines is 2. The lowest BCUT2D eigenvalue weighted by molar-refractivity contribution is -0.137. The predicted octanol–water partition coefficient (Wildman–Crippen LogP) is 6.02. The maximum atomic E-state index is 12.8. The monoisotopic (exact) mass is 462 g/mol. The molecule has 3 aromatic rings. The Labute approximate surface area is 187 Å². The number of hydrogen-bond acceptors (Lipinski definition) is 3. The van der Waals surface area contributed by atoms with Crippen LogP contribution < -0.4 is 15.4 Å². The minimum absolute atomic E-state index is 0.0235. The maximum Gasteiger partial charge on any atom is 0.416 e. The van der Waals surface area contributed by atoms with Crippen molar-refractivity contribution in [1.29, 1.82) is 0 Å². The van der Waals surface area contributed by atoms with Crippen molar-refractivity contribution in [3.8, 4) is 5.75 Å². The van der Waals surface area contributed by atoms with Gasteiger partial charge in [-0.15, -0.1) is 0 Å². The zero-order chi connectivity index (χ0) is 23.3. The number of amides is 2. The molecule has 0 bridgehead atoms. The first-order chi connectivity index (χ1) is 15.1. The van der Waals surface area contributed by atoms with E-state index < -0.39 is 29.7 Å². The summed E-state index contributed by atoms with van der Waals surface area (Å²) in [5.74, 6) is -0.499. The van der Waals surface area contributed by atoms with Crippen LogP contribution >= 0.6 is 11.6 Å².